The molecule has 0 amide bonds. The normalized spacial score (nSPS) is 21.5. The molecule has 1 aliphatic carbocycles. The van der Waals surface area contributed by atoms with Gasteiger partial charge in [-0.05, 0) is 32.1 Å². The number of rotatable bonds is 8. The molecule has 2 N–H and O–H groups in total. The van der Waals surface area contributed by atoms with Crippen molar-refractivity contribution in [2.45, 2.75) is 64.5 Å². The lowest BCUT2D eigenvalue weighted by Crippen LogP contribution is -2.30. The van der Waals surface area contributed by atoms with Crippen molar-refractivity contribution in [1.29, 1.82) is 0 Å². The Bertz CT molecular complexity index is 438. The summed E-state index contributed by atoms with van der Waals surface area (Å²) >= 11 is 0. The molecule has 1 saturated carbocycles. The summed E-state index contributed by atoms with van der Waals surface area (Å²) in [6.45, 7) is 5.29. The molecule has 1 heterocycles. The van der Waals surface area contributed by atoms with Gasteiger partial charge in [-0.3, -0.25) is 0 Å². The zero-order valence-corrected chi connectivity index (χ0v) is 13.5. The number of anilines is 2. The quantitative estimate of drug-likeness (QED) is 0.770. The summed E-state index contributed by atoms with van der Waals surface area (Å²) in [6, 6.07) is 0.361. The Kier molecular flexibility index (Phi) is 6.23. The summed E-state index contributed by atoms with van der Waals surface area (Å²) in [5.41, 5.74) is 1.20. The average Bonchev–Trinajstić information content (AvgIpc) is 2.95. The number of methoxy groups -OCH3 is 1. The monoisotopic (exact) mass is 292 g/mol. The van der Waals surface area contributed by atoms with E-state index in [4.69, 9.17) is 4.74 Å². The van der Waals surface area contributed by atoms with Gasteiger partial charge in [-0.2, -0.15) is 0 Å². The van der Waals surface area contributed by atoms with Crippen molar-refractivity contribution in [1.82, 2.24) is 9.97 Å². The largest absolute Gasteiger partial charge is 0.379 e. The van der Waals surface area contributed by atoms with Gasteiger partial charge < -0.3 is 15.4 Å². The summed E-state index contributed by atoms with van der Waals surface area (Å²) in [5, 5.41) is 7.01. The first-order valence-electron chi connectivity index (χ1n) is 8.17. The van der Waals surface area contributed by atoms with E-state index < -0.39 is 0 Å². The maximum atomic E-state index is 5.57. The van der Waals surface area contributed by atoms with E-state index in [0.29, 0.717) is 12.1 Å². The highest BCUT2D eigenvalue weighted by atomic mass is 16.5. The predicted molar refractivity (Wildman–Crippen MR) is 86.9 cm³/mol. The van der Waals surface area contributed by atoms with Crippen LogP contribution in [0.5, 0.6) is 0 Å². The molecular weight excluding hydrogens is 264 g/mol. The molecule has 1 aliphatic rings. The molecule has 1 fully saturated rings. The van der Waals surface area contributed by atoms with Crippen molar-refractivity contribution in [3.63, 3.8) is 0 Å². The van der Waals surface area contributed by atoms with E-state index in [9.17, 15) is 0 Å². The van der Waals surface area contributed by atoms with Crippen LogP contribution in [0.25, 0.3) is 0 Å². The standard InChI is InChI=1S/C16H28N4O/c1-4-7-12-15(17-10-5-2)18-11-19-16(12)20-13-8-6-9-14(13)21-3/h11,13-14H,4-10H2,1-3H3,(H2,17,18,19,20). The molecule has 1 aromatic heterocycles. The number of nitrogens with zero attached hydrogens (tertiary/aromatic N) is 2. The Hall–Kier alpha value is -1.36. The van der Waals surface area contributed by atoms with Crippen LogP contribution in [-0.2, 0) is 11.2 Å². The van der Waals surface area contributed by atoms with Crippen LogP contribution in [0.1, 0.15) is 51.5 Å². The summed E-state index contributed by atoms with van der Waals surface area (Å²) < 4.78 is 5.57. The van der Waals surface area contributed by atoms with Crippen molar-refractivity contribution in [2.24, 2.45) is 0 Å². The van der Waals surface area contributed by atoms with E-state index in [2.05, 4.69) is 34.4 Å². The number of hydrogen-bond donors (Lipinski definition) is 2. The van der Waals surface area contributed by atoms with E-state index in [-0.39, 0.29) is 0 Å². The SMILES string of the molecule is CCCNc1ncnc(NC2CCCC2OC)c1CCC. The van der Waals surface area contributed by atoms with E-state index in [1.165, 1.54) is 12.0 Å². The zero-order chi connectivity index (χ0) is 15.1. The maximum absolute atomic E-state index is 5.57. The van der Waals surface area contributed by atoms with Gasteiger partial charge in [-0.15, -0.1) is 0 Å². The third-order valence-corrected chi connectivity index (χ3v) is 4.07. The molecule has 21 heavy (non-hydrogen) atoms. The third-order valence-electron chi connectivity index (χ3n) is 4.07. The first kappa shape index (κ1) is 16.0. The van der Waals surface area contributed by atoms with E-state index in [0.717, 1.165) is 50.3 Å². The van der Waals surface area contributed by atoms with Crippen molar-refractivity contribution in [2.75, 3.05) is 24.3 Å². The Balaban J connectivity index is 2.16. The number of nitrogens with one attached hydrogen (secondary N) is 2. The van der Waals surface area contributed by atoms with Crippen LogP contribution in [0.15, 0.2) is 6.33 Å². The maximum Gasteiger partial charge on any atom is 0.135 e. The first-order chi connectivity index (χ1) is 10.3. The van der Waals surface area contributed by atoms with Gasteiger partial charge in [0.2, 0.25) is 0 Å². The highest BCUT2D eigenvalue weighted by molar-refractivity contribution is 5.58. The summed E-state index contributed by atoms with van der Waals surface area (Å²) in [6.07, 6.45) is 8.59. The Labute approximate surface area is 127 Å². The molecule has 0 bridgehead atoms. The van der Waals surface area contributed by atoms with Crippen LogP contribution < -0.4 is 10.6 Å². The van der Waals surface area contributed by atoms with Crippen molar-refractivity contribution >= 4 is 11.6 Å². The van der Waals surface area contributed by atoms with Crippen molar-refractivity contribution in [3.8, 4) is 0 Å². The highest BCUT2D eigenvalue weighted by Crippen LogP contribution is 2.28. The smallest absolute Gasteiger partial charge is 0.135 e. The van der Waals surface area contributed by atoms with E-state index in [1.54, 1.807) is 13.4 Å². The van der Waals surface area contributed by atoms with Gasteiger partial charge in [0.1, 0.15) is 18.0 Å². The molecule has 0 spiro atoms. The van der Waals surface area contributed by atoms with Crippen LogP contribution >= 0.6 is 0 Å². The average molecular weight is 292 g/mol. The Morgan fingerprint density at radius 3 is 2.71 bits per heavy atom. The van der Waals surface area contributed by atoms with Gasteiger partial charge in [0.05, 0.1) is 12.1 Å². The molecule has 5 nitrogen and oxygen atoms in total. The first-order valence-corrected chi connectivity index (χ1v) is 8.17. The van der Waals surface area contributed by atoms with E-state index >= 15 is 0 Å². The molecule has 0 radical (unpaired) electrons. The fourth-order valence-electron chi connectivity index (χ4n) is 2.97. The number of aromatic nitrogens is 2. The second-order valence-electron chi connectivity index (χ2n) is 5.68. The van der Waals surface area contributed by atoms with Gasteiger partial charge in [0, 0.05) is 19.2 Å². The number of ether oxygens (including phenoxy) is 1. The van der Waals surface area contributed by atoms with Gasteiger partial charge in [-0.25, -0.2) is 9.97 Å². The summed E-state index contributed by atoms with van der Waals surface area (Å²) in [5.74, 6) is 1.95. The second kappa shape index (κ2) is 8.17. The molecule has 1 aromatic rings. The summed E-state index contributed by atoms with van der Waals surface area (Å²) in [7, 11) is 1.80. The predicted octanol–water partition coefficient (Wildman–Crippen LogP) is 3.23. The van der Waals surface area contributed by atoms with Gasteiger partial charge in [0.15, 0.2) is 0 Å². The zero-order valence-electron chi connectivity index (χ0n) is 13.5. The van der Waals surface area contributed by atoms with Crippen LogP contribution in [0.2, 0.25) is 0 Å². The molecule has 2 unspecified atom stereocenters. The molecule has 0 aromatic carbocycles. The fourth-order valence-corrected chi connectivity index (χ4v) is 2.97. The van der Waals surface area contributed by atoms with Crippen LogP contribution in [0.3, 0.4) is 0 Å². The van der Waals surface area contributed by atoms with E-state index in [1.807, 2.05) is 0 Å². The molecule has 5 heteroatoms. The van der Waals surface area contributed by atoms with Gasteiger partial charge in [-0.1, -0.05) is 20.3 Å². The molecule has 2 rings (SSSR count). The Morgan fingerprint density at radius 2 is 2.00 bits per heavy atom. The number of hydrogen-bond acceptors (Lipinski definition) is 5. The molecule has 118 valence electrons. The minimum Gasteiger partial charge on any atom is -0.379 e. The van der Waals surface area contributed by atoms with Gasteiger partial charge in [0.25, 0.3) is 0 Å². The fraction of sp³-hybridized carbons (Fsp3) is 0.750. The van der Waals surface area contributed by atoms with Crippen LogP contribution in [0.4, 0.5) is 11.6 Å². The van der Waals surface area contributed by atoms with Crippen LogP contribution in [0, 0.1) is 0 Å². The molecular formula is C16H28N4O. The molecule has 0 saturated heterocycles. The third kappa shape index (κ3) is 4.06. The van der Waals surface area contributed by atoms with Crippen molar-refractivity contribution in [3.05, 3.63) is 11.9 Å². The second-order valence-corrected chi connectivity index (χ2v) is 5.68. The molecule has 2 atom stereocenters. The lowest BCUT2D eigenvalue weighted by molar-refractivity contribution is 0.101. The minimum atomic E-state index is 0.293. The minimum absolute atomic E-state index is 0.293. The molecule has 0 aliphatic heterocycles. The lowest BCUT2D eigenvalue weighted by Gasteiger charge is -2.22. The summed E-state index contributed by atoms with van der Waals surface area (Å²) in [4.78, 5) is 8.90. The highest BCUT2D eigenvalue weighted by Gasteiger charge is 2.28. The van der Waals surface area contributed by atoms with Gasteiger partial charge >= 0.3 is 0 Å². The van der Waals surface area contributed by atoms with Crippen LogP contribution in [-0.4, -0.2) is 35.8 Å². The van der Waals surface area contributed by atoms with Crippen molar-refractivity contribution < 1.29 is 4.74 Å². The topological polar surface area (TPSA) is 59.1 Å². The Morgan fingerprint density at radius 1 is 1.19 bits per heavy atom. The lowest BCUT2D eigenvalue weighted by atomic mass is 10.1.